The van der Waals surface area contributed by atoms with Crippen molar-refractivity contribution < 1.29 is 23.9 Å². The smallest absolute Gasteiger partial charge is 0.407 e. The van der Waals surface area contributed by atoms with Gasteiger partial charge in [0.05, 0.1) is 12.6 Å². The molecule has 0 aromatic carbocycles. The van der Waals surface area contributed by atoms with Crippen molar-refractivity contribution in [3.05, 3.63) is 10.4 Å². The van der Waals surface area contributed by atoms with Crippen LogP contribution >= 0.6 is 0 Å². The fourth-order valence-electron chi connectivity index (χ4n) is 2.25. The van der Waals surface area contributed by atoms with E-state index < -0.39 is 35.7 Å². The number of alkyl carbamates (subject to hydrolysis) is 1. The Balaban J connectivity index is 2.79. The van der Waals surface area contributed by atoms with Crippen molar-refractivity contribution in [1.82, 2.24) is 10.2 Å². The molecule has 134 valence electrons. The molecule has 1 heterocycles. The molecule has 24 heavy (non-hydrogen) atoms. The number of azide groups is 1. The van der Waals surface area contributed by atoms with Crippen LogP contribution in [0.25, 0.3) is 10.4 Å². The van der Waals surface area contributed by atoms with E-state index in [1.54, 1.807) is 27.7 Å². The third-order valence-corrected chi connectivity index (χ3v) is 3.08. The molecule has 1 aliphatic heterocycles. The molecule has 0 aliphatic carbocycles. The van der Waals surface area contributed by atoms with Crippen molar-refractivity contribution in [3.8, 4) is 0 Å². The van der Waals surface area contributed by atoms with E-state index in [0.29, 0.717) is 0 Å². The second-order valence-corrected chi connectivity index (χ2v) is 6.32. The maximum atomic E-state index is 12.2. The molecule has 0 radical (unpaired) electrons. The average molecular weight is 341 g/mol. The average Bonchev–Trinajstić information content (AvgIpc) is 2.42. The van der Waals surface area contributed by atoms with Crippen LogP contribution in [0.2, 0.25) is 0 Å². The Hall–Kier alpha value is -2.48. The molecule has 10 heteroatoms. The monoisotopic (exact) mass is 341 g/mol. The van der Waals surface area contributed by atoms with E-state index in [0.717, 1.165) is 0 Å². The van der Waals surface area contributed by atoms with Crippen LogP contribution in [0.3, 0.4) is 0 Å². The summed E-state index contributed by atoms with van der Waals surface area (Å²) >= 11 is 0. The molecule has 0 saturated carbocycles. The van der Waals surface area contributed by atoms with E-state index in [2.05, 4.69) is 15.3 Å². The number of hydrogen-bond donors (Lipinski definition) is 1. The van der Waals surface area contributed by atoms with E-state index >= 15 is 0 Å². The number of nitrogens with one attached hydrogen (secondary N) is 1. The molecule has 0 spiro atoms. The van der Waals surface area contributed by atoms with Gasteiger partial charge in [0, 0.05) is 11.5 Å². The minimum absolute atomic E-state index is 0.105. The summed E-state index contributed by atoms with van der Waals surface area (Å²) in [5.74, 6) is -1.04. The molecule has 0 aromatic rings. The largest absolute Gasteiger partial charge is 0.465 e. The van der Waals surface area contributed by atoms with Gasteiger partial charge in [0.25, 0.3) is 0 Å². The molecule has 10 nitrogen and oxygen atoms in total. The van der Waals surface area contributed by atoms with Gasteiger partial charge in [0.2, 0.25) is 5.91 Å². The zero-order chi connectivity index (χ0) is 18.3. The van der Waals surface area contributed by atoms with Gasteiger partial charge in [-0.3, -0.25) is 9.59 Å². The lowest BCUT2D eigenvalue weighted by atomic mass is 10.0. The molecule has 0 unspecified atom stereocenters. The third-order valence-electron chi connectivity index (χ3n) is 3.08. The Morgan fingerprint density at radius 3 is 2.67 bits per heavy atom. The predicted molar refractivity (Wildman–Crippen MR) is 83.9 cm³/mol. The summed E-state index contributed by atoms with van der Waals surface area (Å²) in [6.07, 6.45) is -0.501. The SMILES string of the molecule is CCOC(=O)CN1C[C@@H](NC(=O)OC(C)(C)C)C[C@H](N=[N+]=[N-])C1=O. The summed E-state index contributed by atoms with van der Waals surface area (Å²) in [5, 5.41) is 6.07. The van der Waals surface area contributed by atoms with Gasteiger partial charge in [-0.05, 0) is 39.6 Å². The maximum absolute atomic E-state index is 12.2. The molecular formula is C14H23N5O5. The zero-order valence-electron chi connectivity index (χ0n) is 14.3. The van der Waals surface area contributed by atoms with Crippen molar-refractivity contribution in [3.63, 3.8) is 0 Å². The van der Waals surface area contributed by atoms with Crippen LogP contribution in [-0.2, 0) is 19.1 Å². The first-order valence-electron chi connectivity index (χ1n) is 7.64. The van der Waals surface area contributed by atoms with Crippen molar-refractivity contribution in [2.45, 2.75) is 51.8 Å². The van der Waals surface area contributed by atoms with E-state index in [9.17, 15) is 14.4 Å². The van der Waals surface area contributed by atoms with E-state index in [4.69, 9.17) is 15.0 Å². The first-order chi connectivity index (χ1) is 11.2. The number of ether oxygens (including phenoxy) is 2. The normalized spacial score (nSPS) is 20.8. The summed E-state index contributed by atoms with van der Waals surface area (Å²) < 4.78 is 9.99. The highest BCUT2D eigenvalue weighted by atomic mass is 16.6. The maximum Gasteiger partial charge on any atom is 0.407 e. The Morgan fingerprint density at radius 1 is 1.46 bits per heavy atom. The molecule has 1 rings (SSSR count). The van der Waals surface area contributed by atoms with E-state index in [1.807, 2.05) is 0 Å². The molecule has 2 atom stereocenters. The summed E-state index contributed by atoms with van der Waals surface area (Å²) in [4.78, 5) is 39.6. The number of amides is 2. The quantitative estimate of drug-likeness (QED) is 0.349. The minimum atomic E-state index is -0.988. The summed E-state index contributed by atoms with van der Waals surface area (Å²) in [6, 6.07) is -1.49. The second-order valence-electron chi connectivity index (χ2n) is 6.32. The Morgan fingerprint density at radius 2 is 2.12 bits per heavy atom. The number of carbonyl (C=O) groups excluding carboxylic acids is 3. The lowest BCUT2D eigenvalue weighted by molar-refractivity contribution is -0.150. The van der Waals surface area contributed by atoms with Gasteiger partial charge in [0.1, 0.15) is 18.2 Å². The summed E-state index contributed by atoms with van der Waals surface area (Å²) in [5.41, 5.74) is 7.93. The van der Waals surface area contributed by atoms with Crippen LogP contribution in [-0.4, -0.2) is 60.3 Å². The van der Waals surface area contributed by atoms with Crippen molar-refractivity contribution >= 4 is 18.0 Å². The Bertz CT molecular complexity index is 538. The molecular weight excluding hydrogens is 318 g/mol. The lowest BCUT2D eigenvalue weighted by Gasteiger charge is -2.35. The van der Waals surface area contributed by atoms with Crippen molar-refractivity contribution in [2.75, 3.05) is 19.7 Å². The molecule has 1 aliphatic rings. The third kappa shape index (κ3) is 6.33. The minimum Gasteiger partial charge on any atom is -0.465 e. The van der Waals surface area contributed by atoms with Crippen LogP contribution < -0.4 is 5.32 Å². The highest BCUT2D eigenvalue weighted by Gasteiger charge is 2.36. The molecule has 1 saturated heterocycles. The van der Waals surface area contributed by atoms with Crippen molar-refractivity contribution in [2.24, 2.45) is 5.11 Å². The number of likely N-dealkylation sites (tertiary alicyclic amines) is 1. The summed E-state index contributed by atoms with van der Waals surface area (Å²) in [6.45, 7) is 6.88. The Kier molecular flexibility index (Phi) is 6.84. The Labute approximate surface area is 140 Å². The van der Waals surface area contributed by atoms with Gasteiger partial charge in [-0.15, -0.1) is 0 Å². The zero-order valence-corrected chi connectivity index (χ0v) is 14.3. The molecule has 0 aromatic heterocycles. The number of carbonyl (C=O) groups is 3. The molecule has 1 N–H and O–H groups in total. The van der Waals surface area contributed by atoms with Crippen LogP contribution in [0.1, 0.15) is 34.1 Å². The second kappa shape index (κ2) is 8.39. The lowest BCUT2D eigenvalue weighted by Crippen LogP contribution is -2.56. The van der Waals surface area contributed by atoms with Crippen LogP contribution in [0.15, 0.2) is 5.11 Å². The van der Waals surface area contributed by atoms with Crippen LogP contribution in [0, 0.1) is 0 Å². The fourth-order valence-corrected chi connectivity index (χ4v) is 2.25. The van der Waals surface area contributed by atoms with Crippen LogP contribution in [0.5, 0.6) is 0 Å². The van der Waals surface area contributed by atoms with Gasteiger partial charge < -0.3 is 19.7 Å². The highest BCUT2D eigenvalue weighted by Crippen LogP contribution is 2.17. The number of piperidine rings is 1. The topological polar surface area (TPSA) is 134 Å². The number of rotatable bonds is 5. The van der Waals surface area contributed by atoms with Gasteiger partial charge in [0.15, 0.2) is 0 Å². The van der Waals surface area contributed by atoms with Gasteiger partial charge in [-0.1, -0.05) is 5.11 Å². The van der Waals surface area contributed by atoms with Crippen LogP contribution in [0.4, 0.5) is 4.79 Å². The first kappa shape index (κ1) is 19.6. The number of nitrogens with zero attached hydrogens (tertiary/aromatic N) is 4. The number of hydrogen-bond acceptors (Lipinski definition) is 6. The predicted octanol–water partition coefficient (Wildman–Crippen LogP) is 1.35. The van der Waals surface area contributed by atoms with E-state index in [-0.39, 0.29) is 26.1 Å². The molecule has 0 bridgehead atoms. The first-order valence-corrected chi connectivity index (χ1v) is 7.64. The van der Waals surface area contributed by atoms with Gasteiger partial charge in [-0.2, -0.15) is 0 Å². The molecule has 1 fully saturated rings. The van der Waals surface area contributed by atoms with Crippen molar-refractivity contribution in [1.29, 1.82) is 0 Å². The highest BCUT2D eigenvalue weighted by molar-refractivity contribution is 5.87. The van der Waals surface area contributed by atoms with E-state index in [1.165, 1.54) is 4.90 Å². The summed E-state index contributed by atoms with van der Waals surface area (Å²) in [7, 11) is 0. The molecule has 2 amide bonds. The standard InChI is InChI=1S/C14H23N5O5/c1-5-23-11(20)8-19-7-9(6-10(12(19)21)17-18-15)16-13(22)24-14(2,3)4/h9-10H,5-8H2,1-4H3,(H,16,22)/t9-,10-/m0/s1. The van der Waals surface area contributed by atoms with Gasteiger partial charge in [-0.25, -0.2) is 4.79 Å². The number of esters is 1. The van der Waals surface area contributed by atoms with Gasteiger partial charge >= 0.3 is 12.1 Å². The fraction of sp³-hybridized carbons (Fsp3) is 0.786.